The molecule has 0 saturated carbocycles. The highest BCUT2D eigenvalue weighted by Crippen LogP contribution is 2.20. The molecule has 1 heterocycles. The van der Waals surface area contributed by atoms with Crippen molar-refractivity contribution >= 4 is 22.5 Å². The largest absolute Gasteiger partial charge is 0.484 e. The maximum absolute atomic E-state index is 13.9. The number of hydrogen-bond acceptors (Lipinski definition) is 3. The van der Waals surface area contributed by atoms with Gasteiger partial charge in [0.25, 0.3) is 5.91 Å². The van der Waals surface area contributed by atoms with Gasteiger partial charge in [0, 0.05) is 17.3 Å². The molecule has 0 radical (unpaired) electrons. The first kappa shape index (κ1) is 18.7. The van der Waals surface area contributed by atoms with Gasteiger partial charge in [-0.25, -0.2) is 4.39 Å². The first-order valence-corrected chi connectivity index (χ1v) is 9.28. The Kier molecular flexibility index (Phi) is 5.24. The van der Waals surface area contributed by atoms with Gasteiger partial charge in [-0.2, -0.15) is 5.10 Å². The van der Waals surface area contributed by atoms with E-state index in [0.717, 1.165) is 16.5 Å². The molecule has 4 rings (SSSR count). The number of aryl methyl sites for hydroxylation is 1. The van der Waals surface area contributed by atoms with Crippen molar-refractivity contribution in [2.45, 2.75) is 13.5 Å². The van der Waals surface area contributed by atoms with E-state index in [1.54, 1.807) is 28.9 Å². The Balaban J connectivity index is 1.37. The average Bonchev–Trinajstić information content (AvgIpc) is 3.06. The fourth-order valence-corrected chi connectivity index (χ4v) is 3.10. The van der Waals surface area contributed by atoms with Crippen LogP contribution < -0.4 is 10.1 Å². The molecule has 1 aromatic heterocycles. The van der Waals surface area contributed by atoms with E-state index >= 15 is 0 Å². The fraction of sp³-hybridized carbons (Fsp3) is 0.130. The van der Waals surface area contributed by atoms with Crippen molar-refractivity contribution in [1.82, 2.24) is 9.78 Å². The Hall–Kier alpha value is -3.67. The average molecular weight is 389 g/mol. The molecule has 146 valence electrons. The van der Waals surface area contributed by atoms with Crippen LogP contribution in [0.3, 0.4) is 0 Å². The number of benzene rings is 3. The van der Waals surface area contributed by atoms with Crippen LogP contribution in [0.25, 0.3) is 10.8 Å². The number of rotatable bonds is 6. The molecule has 1 amide bonds. The van der Waals surface area contributed by atoms with Crippen molar-refractivity contribution in [3.8, 4) is 5.75 Å². The number of halogens is 1. The molecule has 6 heteroatoms. The van der Waals surface area contributed by atoms with Gasteiger partial charge in [0.05, 0.1) is 6.54 Å². The first-order chi connectivity index (χ1) is 14.1. The van der Waals surface area contributed by atoms with Gasteiger partial charge in [-0.15, -0.1) is 0 Å². The SMILES string of the molecule is Cc1cc(NC(=O)COc2ccc3ccccc3c2)nn1Cc1ccccc1F. The number of ether oxygens (including phenoxy) is 1. The molecule has 0 unspecified atom stereocenters. The Morgan fingerprint density at radius 1 is 1.03 bits per heavy atom. The van der Waals surface area contributed by atoms with Crippen LogP contribution in [0.4, 0.5) is 10.2 Å². The summed E-state index contributed by atoms with van der Waals surface area (Å²) in [6.45, 7) is 2.02. The number of nitrogens with one attached hydrogen (secondary N) is 1. The Morgan fingerprint density at radius 3 is 2.62 bits per heavy atom. The zero-order chi connectivity index (χ0) is 20.2. The third-order valence-electron chi connectivity index (χ3n) is 4.62. The molecule has 0 saturated heterocycles. The van der Waals surface area contributed by atoms with E-state index in [1.807, 2.05) is 49.4 Å². The highest BCUT2D eigenvalue weighted by molar-refractivity contribution is 5.91. The van der Waals surface area contributed by atoms with Crippen LogP contribution >= 0.6 is 0 Å². The molecule has 0 bridgehead atoms. The molecular formula is C23H20FN3O2. The van der Waals surface area contributed by atoms with Crippen molar-refractivity contribution < 1.29 is 13.9 Å². The number of nitrogens with zero attached hydrogens (tertiary/aromatic N) is 2. The number of carbonyl (C=O) groups is 1. The summed E-state index contributed by atoms with van der Waals surface area (Å²) in [6, 6.07) is 21.9. The smallest absolute Gasteiger partial charge is 0.263 e. The van der Waals surface area contributed by atoms with Gasteiger partial charge >= 0.3 is 0 Å². The van der Waals surface area contributed by atoms with Crippen LogP contribution in [0, 0.1) is 12.7 Å². The summed E-state index contributed by atoms with van der Waals surface area (Å²) in [6.07, 6.45) is 0. The maximum Gasteiger partial charge on any atom is 0.263 e. The zero-order valence-electron chi connectivity index (χ0n) is 15.9. The Labute approximate surface area is 167 Å². The molecule has 0 atom stereocenters. The van der Waals surface area contributed by atoms with Crippen LogP contribution in [-0.4, -0.2) is 22.3 Å². The molecular weight excluding hydrogens is 369 g/mol. The van der Waals surface area contributed by atoms with E-state index < -0.39 is 0 Å². The van der Waals surface area contributed by atoms with Gasteiger partial charge in [0.15, 0.2) is 12.4 Å². The summed E-state index contributed by atoms with van der Waals surface area (Å²) < 4.78 is 21.1. The minimum atomic E-state index is -0.311. The lowest BCUT2D eigenvalue weighted by molar-refractivity contribution is -0.118. The predicted octanol–water partition coefficient (Wildman–Crippen LogP) is 4.55. The molecule has 5 nitrogen and oxygen atoms in total. The fourth-order valence-electron chi connectivity index (χ4n) is 3.10. The van der Waals surface area contributed by atoms with Crippen LogP contribution in [0.2, 0.25) is 0 Å². The third kappa shape index (κ3) is 4.43. The molecule has 0 fully saturated rings. The van der Waals surface area contributed by atoms with Crippen molar-refractivity contribution in [2.75, 3.05) is 11.9 Å². The molecule has 4 aromatic rings. The van der Waals surface area contributed by atoms with Crippen LogP contribution in [-0.2, 0) is 11.3 Å². The topological polar surface area (TPSA) is 56.1 Å². The van der Waals surface area contributed by atoms with Crippen molar-refractivity contribution in [3.05, 3.63) is 89.9 Å². The normalized spacial score (nSPS) is 10.8. The second-order valence-electron chi connectivity index (χ2n) is 6.77. The maximum atomic E-state index is 13.9. The molecule has 0 spiro atoms. The number of carbonyl (C=O) groups excluding carboxylic acids is 1. The van der Waals surface area contributed by atoms with E-state index in [-0.39, 0.29) is 18.3 Å². The second-order valence-corrected chi connectivity index (χ2v) is 6.77. The lowest BCUT2D eigenvalue weighted by Gasteiger charge is -2.07. The second kappa shape index (κ2) is 8.14. The summed E-state index contributed by atoms with van der Waals surface area (Å²) in [5.74, 6) is 0.441. The van der Waals surface area contributed by atoms with Gasteiger partial charge in [0.2, 0.25) is 0 Å². The zero-order valence-corrected chi connectivity index (χ0v) is 15.9. The van der Waals surface area contributed by atoms with Crippen molar-refractivity contribution in [2.24, 2.45) is 0 Å². The summed E-state index contributed by atoms with van der Waals surface area (Å²) in [5.41, 5.74) is 1.36. The first-order valence-electron chi connectivity index (χ1n) is 9.28. The number of hydrogen-bond donors (Lipinski definition) is 1. The molecule has 3 aromatic carbocycles. The minimum Gasteiger partial charge on any atom is -0.484 e. The molecule has 0 aliphatic carbocycles. The van der Waals surface area contributed by atoms with Gasteiger partial charge in [0.1, 0.15) is 11.6 Å². The minimum absolute atomic E-state index is 0.127. The summed E-state index contributed by atoms with van der Waals surface area (Å²) in [7, 11) is 0. The van der Waals surface area contributed by atoms with E-state index in [4.69, 9.17) is 4.74 Å². The lowest BCUT2D eigenvalue weighted by atomic mass is 10.1. The van der Waals surface area contributed by atoms with E-state index in [9.17, 15) is 9.18 Å². The van der Waals surface area contributed by atoms with E-state index in [0.29, 0.717) is 23.7 Å². The van der Waals surface area contributed by atoms with E-state index in [1.165, 1.54) is 6.07 Å². The van der Waals surface area contributed by atoms with Crippen molar-refractivity contribution in [1.29, 1.82) is 0 Å². The van der Waals surface area contributed by atoms with Gasteiger partial charge in [-0.1, -0.05) is 48.5 Å². The number of amides is 1. The summed E-state index contributed by atoms with van der Waals surface area (Å²) in [4.78, 5) is 12.2. The van der Waals surface area contributed by atoms with Gasteiger partial charge < -0.3 is 10.1 Å². The molecule has 1 N–H and O–H groups in total. The lowest BCUT2D eigenvalue weighted by Crippen LogP contribution is -2.20. The monoisotopic (exact) mass is 389 g/mol. The predicted molar refractivity (Wildman–Crippen MR) is 111 cm³/mol. The number of anilines is 1. The third-order valence-corrected chi connectivity index (χ3v) is 4.62. The van der Waals surface area contributed by atoms with Gasteiger partial charge in [-0.3, -0.25) is 9.48 Å². The number of fused-ring (bicyclic) bond motifs is 1. The van der Waals surface area contributed by atoms with Crippen LogP contribution in [0.15, 0.2) is 72.8 Å². The van der Waals surface area contributed by atoms with Crippen LogP contribution in [0.1, 0.15) is 11.3 Å². The highest BCUT2D eigenvalue weighted by Gasteiger charge is 2.11. The quantitative estimate of drug-likeness (QED) is 0.526. The molecule has 0 aliphatic heterocycles. The standard InChI is InChI=1S/C23H20FN3O2/c1-16-12-22(26-27(16)14-19-8-4-5-9-21(19)24)25-23(28)15-29-20-11-10-17-6-2-3-7-18(17)13-20/h2-13H,14-15H2,1H3,(H,25,26,28). The summed E-state index contributed by atoms with van der Waals surface area (Å²) in [5, 5.41) is 9.23. The highest BCUT2D eigenvalue weighted by atomic mass is 19.1. The van der Waals surface area contributed by atoms with Gasteiger partial charge in [-0.05, 0) is 35.9 Å². The van der Waals surface area contributed by atoms with Crippen LogP contribution in [0.5, 0.6) is 5.75 Å². The Bertz CT molecular complexity index is 1170. The summed E-state index contributed by atoms with van der Waals surface area (Å²) >= 11 is 0. The molecule has 29 heavy (non-hydrogen) atoms. The van der Waals surface area contributed by atoms with E-state index in [2.05, 4.69) is 10.4 Å². The molecule has 0 aliphatic rings. The van der Waals surface area contributed by atoms with Crippen molar-refractivity contribution in [3.63, 3.8) is 0 Å². The number of aromatic nitrogens is 2. The Morgan fingerprint density at radius 2 is 1.79 bits per heavy atom.